The summed E-state index contributed by atoms with van der Waals surface area (Å²) in [6.07, 6.45) is -2.37. The molecule has 0 aliphatic carbocycles. The Hall–Kier alpha value is -1.76. The predicted octanol–water partition coefficient (Wildman–Crippen LogP) is 4.06. The van der Waals surface area contributed by atoms with Crippen LogP contribution in [0.2, 0.25) is 0 Å². The molecular formula is C13H12F3N. The lowest BCUT2D eigenvalue weighted by Crippen LogP contribution is -2.18. The van der Waals surface area contributed by atoms with Gasteiger partial charge in [-0.05, 0) is 31.0 Å². The second-order valence-corrected chi connectivity index (χ2v) is 4.01. The number of hydrogen-bond donors (Lipinski definition) is 0. The minimum atomic E-state index is -4.35. The number of alkyl halides is 3. The molecule has 90 valence electrons. The molecule has 0 saturated carbocycles. The van der Waals surface area contributed by atoms with Gasteiger partial charge in [-0.2, -0.15) is 18.4 Å². The largest absolute Gasteiger partial charge is 0.416 e. The molecule has 1 aromatic carbocycles. The third kappa shape index (κ3) is 2.88. The van der Waals surface area contributed by atoms with Crippen molar-refractivity contribution in [1.82, 2.24) is 0 Å². The average molecular weight is 239 g/mol. The normalized spacial score (nSPS) is 14.8. The second-order valence-electron chi connectivity index (χ2n) is 4.01. The summed E-state index contributed by atoms with van der Waals surface area (Å²) in [5, 5.41) is 9.08. The molecule has 1 rings (SSSR count). The van der Waals surface area contributed by atoms with E-state index in [2.05, 4.69) is 12.6 Å². The molecule has 0 aliphatic heterocycles. The van der Waals surface area contributed by atoms with Crippen molar-refractivity contribution in [2.24, 2.45) is 0 Å². The molecule has 0 amide bonds. The van der Waals surface area contributed by atoms with Gasteiger partial charge in [0.2, 0.25) is 0 Å². The summed E-state index contributed by atoms with van der Waals surface area (Å²) in [7, 11) is 0. The summed E-state index contributed by atoms with van der Waals surface area (Å²) in [6.45, 7) is 5.22. The van der Waals surface area contributed by atoms with Crippen LogP contribution >= 0.6 is 0 Å². The Kier molecular flexibility index (Phi) is 3.62. The smallest absolute Gasteiger partial charge is 0.197 e. The van der Waals surface area contributed by atoms with E-state index in [0.29, 0.717) is 12.0 Å². The van der Waals surface area contributed by atoms with Crippen molar-refractivity contribution in [1.29, 1.82) is 5.26 Å². The van der Waals surface area contributed by atoms with Gasteiger partial charge in [0.25, 0.3) is 0 Å². The van der Waals surface area contributed by atoms with Crippen molar-refractivity contribution in [2.75, 3.05) is 0 Å². The number of rotatable bonds is 3. The Morgan fingerprint density at radius 3 is 2.06 bits per heavy atom. The van der Waals surface area contributed by atoms with E-state index >= 15 is 0 Å². The molecule has 1 aromatic rings. The maximum atomic E-state index is 12.4. The SMILES string of the molecule is C=CC[C@@](C)(C#N)c1ccc(C(F)(F)F)cc1. The number of allylic oxidation sites excluding steroid dienone is 1. The van der Waals surface area contributed by atoms with Gasteiger partial charge < -0.3 is 0 Å². The molecule has 1 nitrogen and oxygen atoms in total. The van der Waals surface area contributed by atoms with Crippen molar-refractivity contribution >= 4 is 0 Å². The lowest BCUT2D eigenvalue weighted by molar-refractivity contribution is -0.137. The molecule has 0 unspecified atom stereocenters. The fourth-order valence-corrected chi connectivity index (χ4v) is 1.54. The van der Waals surface area contributed by atoms with Gasteiger partial charge in [-0.1, -0.05) is 18.2 Å². The van der Waals surface area contributed by atoms with E-state index in [1.807, 2.05) is 0 Å². The fraction of sp³-hybridized carbons (Fsp3) is 0.308. The van der Waals surface area contributed by atoms with E-state index < -0.39 is 17.2 Å². The van der Waals surface area contributed by atoms with E-state index in [0.717, 1.165) is 12.1 Å². The molecule has 4 heteroatoms. The minimum Gasteiger partial charge on any atom is -0.197 e. The molecule has 0 aromatic heterocycles. The zero-order valence-corrected chi connectivity index (χ0v) is 9.38. The van der Waals surface area contributed by atoms with Crippen molar-refractivity contribution in [3.05, 3.63) is 48.0 Å². The van der Waals surface area contributed by atoms with Crippen LogP contribution in [0.4, 0.5) is 13.2 Å². The van der Waals surface area contributed by atoms with Crippen LogP contribution in [0.25, 0.3) is 0 Å². The number of nitriles is 1. The van der Waals surface area contributed by atoms with E-state index in [1.165, 1.54) is 12.1 Å². The molecule has 0 aliphatic rings. The number of hydrogen-bond acceptors (Lipinski definition) is 1. The fourth-order valence-electron chi connectivity index (χ4n) is 1.54. The first-order chi connectivity index (χ1) is 7.83. The van der Waals surface area contributed by atoms with Crippen molar-refractivity contribution in [2.45, 2.75) is 24.9 Å². The van der Waals surface area contributed by atoms with E-state index in [4.69, 9.17) is 5.26 Å². The first kappa shape index (κ1) is 13.3. The summed E-state index contributed by atoms with van der Waals surface area (Å²) in [5.74, 6) is 0. The molecule has 0 saturated heterocycles. The van der Waals surface area contributed by atoms with Gasteiger partial charge in [0, 0.05) is 0 Å². The maximum Gasteiger partial charge on any atom is 0.416 e. The molecule has 0 spiro atoms. The maximum absolute atomic E-state index is 12.4. The van der Waals surface area contributed by atoms with Crippen LogP contribution in [-0.2, 0) is 11.6 Å². The van der Waals surface area contributed by atoms with Crippen LogP contribution in [0, 0.1) is 11.3 Å². The van der Waals surface area contributed by atoms with Gasteiger partial charge in [0.05, 0.1) is 17.0 Å². The molecule has 0 fully saturated rings. The summed E-state index contributed by atoms with van der Waals surface area (Å²) in [4.78, 5) is 0. The Morgan fingerprint density at radius 2 is 1.71 bits per heavy atom. The molecule has 0 N–H and O–H groups in total. The van der Waals surface area contributed by atoms with Crippen LogP contribution in [-0.4, -0.2) is 0 Å². The average Bonchev–Trinajstić information content (AvgIpc) is 2.28. The molecular weight excluding hydrogens is 227 g/mol. The standard InChI is InChI=1S/C13H12F3N/c1-3-8-12(2,9-17)10-4-6-11(7-5-10)13(14,15)16/h3-7H,1,8H2,2H3/t12-/m0/s1. The van der Waals surface area contributed by atoms with Crippen LogP contribution < -0.4 is 0 Å². The lowest BCUT2D eigenvalue weighted by atomic mass is 9.81. The lowest BCUT2D eigenvalue weighted by Gasteiger charge is -2.20. The van der Waals surface area contributed by atoms with Crippen molar-refractivity contribution in [3.63, 3.8) is 0 Å². The summed E-state index contributed by atoms with van der Waals surface area (Å²) < 4.78 is 37.1. The summed E-state index contributed by atoms with van der Waals surface area (Å²) >= 11 is 0. The van der Waals surface area contributed by atoms with Gasteiger partial charge in [-0.3, -0.25) is 0 Å². The first-order valence-corrected chi connectivity index (χ1v) is 5.03. The van der Waals surface area contributed by atoms with Crippen LogP contribution in [0.3, 0.4) is 0 Å². The Balaban J connectivity index is 3.10. The minimum absolute atomic E-state index is 0.398. The van der Waals surface area contributed by atoms with Crippen LogP contribution in [0.15, 0.2) is 36.9 Å². The van der Waals surface area contributed by atoms with Gasteiger partial charge in [0.15, 0.2) is 0 Å². The highest BCUT2D eigenvalue weighted by molar-refractivity contribution is 5.35. The third-order valence-corrected chi connectivity index (χ3v) is 2.65. The molecule has 1 atom stereocenters. The van der Waals surface area contributed by atoms with Gasteiger partial charge >= 0.3 is 6.18 Å². The highest BCUT2D eigenvalue weighted by atomic mass is 19.4. The van der Waals surface area contributed by atoms with Gasteiger partial charge in [0.1, 0.15) is 0 Å². The van der Waals surface area contributed by atoms with Gasteiger partial charge in [-0.15, -0.1) is 6.58 Å². The Bertz CT molecular complexity index is 439. The zero-order valence-electron chi connectivity index (χ0n) is 9.38. The number of benzene rings is 1. The molecule has 0 heterocycles. The second kappa shape index (κ2) is 4.62. The monoisotopic (exact) mass is 239 g/mol. The van der Waals surface area contributed by atoms with Gasteiger partial charge in [-0.25, -0.2) is 0 Å². The highest BCUT2D eigenvalue weighted by Gasteiger charge is 2.31. The predicted molar refractivity (Wildman–Crippen MR) is 59.2 cm³/mol. The zero-order chi connectivity index (χ0) is 13.1. The number of halogens is 3. The Morgan fingerprint density at radius 1 is 1.24 bits per heavy atom. The quantitative estimate of drug-likeness (QED) is 0.729. The third-order valence-electron chi connectivity index (χ3n) is 2.65. The Labute approximate surface area is 98.2 Å². The molecule has 0 bridgehead atoms. The first-order valence-electron chi connectivity index (χ1n) is 5.03. The highest BCUT2D eigenvalue weighted by Crippen LogP contribution is 2.32. The van der Waals surface area contributed by atoms with E-state index in [-0.39, 0.29) is 0 Å². The summed E-state index contributed by atoms with van der Waals surface area (Å²) in [5.41, 5.74) is -0.973. The van der Waals surface area contributed by atoms with Crippen LogP contribution in [0.1, 0.15) is 24.5 Å². The number of nitrogens with zero attached hydrogens (tertiary/aromatic N) is 1. The van der Waals surface area contributed by atoms with Crippen molar-refractivity contribution in [3.8, 4) is 6.07 Å². The summed E-state index contributed by atoms with van der Waals surface area (Å²) in [6, 6.07) is 6.78. The van der Waals surface area contributed by atoms with Crippen LogP contribution in [0.5, 0.6) is 0 Å². The van der Waals surface area contributed by atoms with E-state index in [9.17, 15) is 13.2 Å². The van der Waals surface area contributed by atoms with E-state index in [1.54, 1.807) is 13.0 Å². The van der Waals surface area contributed by atoms with Crippen molar-refractivity contribution < 1.29 is 13.2 Å². The molecule has 17 heavy (non-hydrogen) atoms. The topological polar surface area (TPSA) is 23.8 Å². The molecule has 0 radical (unpaired) electrons.